The van der Waals surface area contributed by atoms with Gasteiger partial charge in [-0.05, 0) is 12.5 Å². The van der Waals surface area contributed by atoms with E-state index in [9.17, 15) is 18.0 Å². The molecule has 1 heterocycles. The van der Waals surface area contributed by atoms with E-state index in [1.807, 2.05) is 13.8 Å². The zero-order chi connectivity index (χ0) is 15.2. The molecule has 0 aromatic carbocycles. The van der Waals surface area contributed by atoms with E-state index in [1.165, 1.54) is 6.07 Å². The number of alkyl halides is 3. The minimum absolute atomic E-state index is 0.0862. The summed E-state index contributed by atoms with van der Waals surface area (Å²) in [6.45, 7) is 3.46. The van der Waals surface area contributed by atoms with Gasteiger partial charge in [0.15, 0.2) is 0 Å². The van der Waals surface area contributed by atoms with Crippen LogP contribution in [0.3, 0.4) is 0 Å². The van der Waals surface area contributed by atoms with Crippen LogP contribution < -0.4 is 10.9 Å². The van der Waals surface area contributed by atoms with Crippen molar-refractivity contribution in [3.05, 3.63) is 27.9 Å². The van der Waals surface area contributed by atoms with E-state index in [0.717, 1.165) is 6.54 Å². The first-order chi connectivity index (χ1) is 9.26. The Balaban J connectivity index is 2.55. The number of aromatic amines is 1. The van der Waals surface area contributed by atoms with Gasteiger partial charge in [-0.1, -0.05) is 13.8 Å². The number of H-pyrrole nitrogens is 1. The molecule has 0 aliphatic heterocycles. The van der Waals surface area contributed by atoms with Crippen LogP contribution in [0.25, 0.3) is 0 Å². The van der Waals surface area contributed by atoms with Crippen LogP contribution in [0.5, 0.6) is 0 Å². The van der Waals surface area contributed by atoms with Crippen LogP contribution in [0.2, 0.25) is 0 Å². The van der Waals surface area contributed by atoms with Crippen molar-refractivity contribution in [1.82, 2.24) is 15.3 Å². The Morgan fingerprint density at radius 2 is 2.15 bits per heavy atom. The molecule has 0 unspecified atom stereocenters. The highest BCUT2D eigenvalue weighted by Gasteiger charge is 2.27. The van der Waals surface area contributed by atoms with E-state index in [2.05, 4.69) is 20.0 Å². The lowest BCUT2D eigenvalue weighted by atomic mass is 10.2. The van der Waals surface area contributed by atoms with Gasteiger partial charge in [0.25, 0.3) is 5.56 Å². The summed E-state index contributed by atoms with van der Waals surface area (Å²) in [7, 11) is 0. The third-order valence-electron chi connectivity index (χ3n) is 2.21. The molecule has 0 aliphatic carbocycles. The standard InChI is InChI=1S/C12H18F3N3O2/c1-8(2)4-16-5-9-3-11(19)18-10(17-9)6-20-7-12(13,14)15/h3,8,16H,4-7H2,1-2H3,(H,17,18,19). The van der Waals surface area contributed by atoms with Crippen LogP contribution in [-0.2, 0) is 17.9 Å². The molecule has 1 aromatic rings. The maximum atomic E-state index is 11.9. The van der Waals surface area contributed by atoms with Crippen molar-refractivity contribution in [1.29, 1.82) is 0 Å². The highest BCUT2D eigenvalue weighted by atomic mass is 19.4. The van der Waals surface area contributed by atoms with Gasteiger partial charge in [0.1, 0.15) is 19.0 Å². The van der Waals surface area contributed by atoms with Crippen molar-refractivity contribution in [2.75, 3.05) is 13.2 Å². The minimum Gasteiger partial charge on any atom is -0.364 e. The summed E-state index contributed by atoms with van der Waals surface area (Å²) in [5.74, 6) is 0.537. The number of hydrogen-bond acceptors (Lipinski definition) is 4. The topological polar surface area (TPSA) is 67.0 Å². The van der Waals surface area contributed by atoms with Crippen molar-refractivity contribution >= 4 is 0 Å². The van der Waals surface area contributed by atoms with Crippen molar-refractivity contribution in [3.63, 3.8) is 0 Å². The summed E-state index contributed by atoms with van der Waals surface area (Å²) in [5.41, 5.74) is 0.0620. The Bertz CT molecular complexity index is 472. The van der Waals surface area contributed by atoms with Gasteiger partial charge in [-0.15, -0.1) is 0 Å². The van der Waals surface area contributed by atoms with E-state index in [0.29, 0.717) is 18.2 Å². The molecule has 5 nitrogen and oxygen atoms in total. The van der Waals surface area contributed by atoms with Gasteiger partial charge in [-0.25, -0.2) is 4.98 Å². The summed E-state index contributed by atoms with van der Waals surface area (Å²) in [6, 6.07) is 1.31. The van der Waals surface area contributed by atoms with Crippen LogP contribution >= 0.6 is 0 Å². The maximum absolute atomic E-state index is 11.9. The number of ether oxygens (including phenoxy) is 1. The molecule has 20 heavy (non-hydrogen) atoms. The molecule has 0 bridgehead atoms. The van der Waals surface area contributed by atoms with Gasteiger partial charge >= 0.3 is 6.18 Å². The molecule has 0 saturated carbocycles. The molecular weight excluding hydrogens is 275 g/mol. The molecule has 8 heteroatoms. The fourth-order valence-corrected chi connectivity index (χ4v) is 1.47. The third-order valence-corrected chi connectivity index (χ3v) is 2.21. The molecule has 0 amide bonds. The molecular formula is C12H18F3N3O2. The van der Waals surface area contributed by atoms with Gasteiger partial charge in [0.2, 0.25) is 0 Å². The highest BCUT2D eigenvalue weighted by molar-refractivity contribution is 5.02. The average Bonchev–Trinajstić information content (AvgIpc) is 2.25. The summed E-state index contributed by atoms with van der Waals surface area (Å²) in [6.07, 6.45) is -4.39. The molecule has 0 atom stereocenters. The van der Waals surface area contributed by atoms with E-state index in [4.69, 9.17) is 0 Å². The SMILES string of the molecule is CC(C)CNCc1cc(=O)[nH]c(COCC(F)(F)F)n1. The van der Waals surface area contributed by atoms with E-state index in [1.54, 1.807) is 0 Å². The van der Waals surface area contributed by atoms with Gasteiger partial charge in [-0.2, -0.15) is 13.2 Å². The number of nitrogens with one attached hydrogen (secondary N) is 2. The van der Waals surface area contributed by atoms with Crippen LogP contribution in [0.15, 0.2) is 10.9 Å². The van der Waals surface area contributed by atoms with Crippen LogP contribution in [0.1, 0.15) is 25.4 Å². The Morgan fingerprint density at radius 1 is 1.45 bits per heavy atom. The highest BCUT2D eigenvalue weighted by Crippen LogP contribution is 2.14. The molecule has 1 aromatic heterocycles. The number of hydrogen-bond donors (Lipinski definition) is 2. The fraction of sp³-hybridized carbons (Fsp3) is 0.667. The van der Waals surface area contributed by atoms with Gasteiger partial charge in [-0.3, -0.25) is 4.79 Å². The van der Waals surface area contributed by atoms with Crippen molar-refractivity contribution < 1.29 is 17.9 Å². The largest absolute Gasteiger partial charge is 0.411 e. The van der Waals surface area contributed by atoms with Gasteiger partial charge in [0.05, 0.1) is 5.69 Å². The molecule has 0 radical (unpaired) electrons. The second-order valence-corrected chi connectivity index (χ2v) is 4.82. The monoisotopic (exact) mass is 293 g/mol. The second kappa shape index (κ2) is 7.39. The quantitative estimate of drug-likeness (QED) is 0.801. The van der Waals surface area contributed by atoms with Crippen LogP contribution in [0, 0.1) is 5.92 Å². The molecule has 114 valence electrons. The lowest BCUT2D eigenvalue weighted by molar-refractivity contribution is -0.177. The Labute approximate surface area is 114 Å². The summed E-state index contributed by atoms with van der Waals surface area (Å²) < 4.78 is 40.3. The number of aromatic nitrogens is 2. The molecule has 0 spiro atoms. The lowest BCUT2D eigenvalue weighted by Crippen LogP contribution is -2.23. The fourth-order valence-electron chi connectivity index (χ4n) is 1.47. The number of nitrogens with zero attached hydrogens (tertiary/aromatic N) is 1. The minimum atomic E-state index is -4.39. The van der Waals surface area contributed by atoms with Crippen molar-refractivity contribution in [3.8, 4) is 0 Å². The predicted molar refractivity (Wildman–Crippen MR) is 67.1 cm³/mol. The Kier molecular flexibility index (Phi) is 6.15. The van der Waals surface area contributed by atoms with Crippen molar-refractivity contribution in [2.45, 2.75) is 33.2 Å². The van der Waals surface area contributed by atoms with E-state index in [-0.39, 0.29) is 12.4 Å². The molecule has 0 fully saturated rings. The van der Waals surface area contributed by atoms with E-state index < -0.39 is 18.3 Å². The Hall–Kier alpha value is -1.41. The molecule has 0 saturated heterocycles. The third kappa shape index (κ3) is 7.25. The second-order valence-electron chi connectivity index (χ2n) is 4.82. The van der Waals surface area contributed by atoms with E-state index >= 15 is 0 Å². The first kappa shape index (κ1) is 16.6. The van der Waals surface area contributed by atoms with Gasteiger partial charge < -0.3 is 15.0 Å². The van der Waals surface area contributed by atoms with Gasteiger partial charge in [0, 0.05) is 12.6 Å². The Morgan fingerprint density at radius 3 is 2.75 bits per heavy atom. The molecule has 2 N–H and O–H groups in total. The predicted octanol–water partition coefficient (Wildman–Crippen LogP) is 1.59. The van der Waals surface area contributed by atoms with Crippen molar-refractivity contribution in [2.24, 2.45) is 5.92 Å². The smallest absolute Gasteiger partial charge is 0.364 e. The summed E-state index contributed by atoms with van der Waals surface area (Å²) >= 11 is 0. The first-order valence-electron chi connectivity index (χ1n) is 6.20. The zero-order valence-corrected chi connectivity index (χ0v) is 11.4. The van der Waals surface area contributed by atoms with Crippen LogP contribution in [-0.4, -0.2) is 29.3 Å². The average molecular weight is 293 g/mol. The zero-order valence-electron chi connectivity index (χ0n) is 11.4. The van der Waals surface area contributed by atoms with Crippen LogP contribution in [0.4, 0.5) is 13.2 Å². The molecule has 0 aliphatic rings. The number of rotatable bonds is 7. The lowest BCUT2D eigenvalue weighted by Gasteiger charge is -2.09. The maximum Gasteiger partial charge on any atom is 0.411 e. The number of halogens is 3. The summed E-state index contributed by atoms with van der Waals surface area (Å²) in [4.78, 5) is 17.8. The molecule has 1 rings (SSSR count). The summed E-state index contributed by atoms with van der Waals surface area (Å²) in [5, 5.41) is 3.10. The first-order valence-corrected chi connectivity index (χ1v) is 6.20. The normalized spacial score (nSPS) is 12.1.